The van der Waals surface area contributed by atoms with E-state index in [0.717, 1.165) is 0 Å². The Hall–Kier alpha value is -0.560. The van der Waals surface area contributed by atoms with Crippen molar-refractivity contribution in [2.45, 2.75) is 4.90 Å². The van der Waals surface area contributed by atoms with Gasteiger partial charge < -0.3 is 5.11 Å². The summed E-state index contributed by atoms with van der Waals surface area (Å²) >= 11 is 0. The Kier molecular flexibility index (Phi) is 2.91. The third-order valence-corrected chi connectivity index (χ3v) is 3.12. The topological polar surface area (TPSA) is 83.5 Å². The third kappa shape index (κ3) is 1.54. The van der Waals surface area contributed by atoms with Crippen molar-refractivity contribution < 1.29 is 18.3 Å². The average molecular weight is 223 g/mol. The summed E-state index contributed by atoms with van der Waals surface area (Å²) in [5.74, 6) is -1.11. The van der Waals surface area contributed by atoms with Gasteiger partial charge in [0.25, 0.3) is 15.9 Å². The van der Waals surface area contributed by atoms with Gasteiger partial charge in [-0.1, -0.05) is 6.07 Å². The first kappa shape index (κ1) is 11.5. The van der Waals surface area contributed by atoms with Gasteiger partial charge in [-0.05, 0) is 12.1 Å². The number of carbonyl (C=O) groups is 1. The molecule has 5 nitrogen and oxygen atoms in total. The molecule has 0 fully saturated rings. The fourth-order valence-electron chi connectivity index (χ4n) is 1.20. The molecule has 0 radical (unpaired) electrons. The van der Waals surface area contributed by atoms with Gasteiger partial charge in [-0.2, -0.15) is 0 Å². The van der Waals surface area contributed by atoms with E-state index in [2.05, 4.69) is 0 Å². The number of aromatic hydroxyl groups is 1. The van der Waals surface area contributed by atoms with Crippen molar-refractivity contribution in [1.82, 2.24) is 4.72 Å². The molecule has 0 bridgehead atoms. The minimum atomic E-state index is -3.74. The molecular weight excluding hydrogens is 217 g/mol. The van der Waals surface area contributed by atoms with Gasteiger partial charge in [-0.25, -0.2) is 13.1 Å². The fourth-order valence-corrected chi connectivity index (χ4v) is 2.38. The van der Waals surface area contributed by atoms with Gasteiger partial charge in [0.1, 0.15) is 16.2 Å². The first-order chi connectivity index (χ1) is 6.02. The van der Waals surface area contributed by atoms with Gasteiger partial charge in [0.15, 0.2) is 0 Å². The molecule has 1 aliphatic rings. The summed E-state index contributed by atoms with van der Waals surface area (Å²) in [5.41, 5.74) is -0.178. The zero-order chi connectivity index (χ0) is 9.64. The van der Waals surface area contributed by atoms with E-state index in [1.807, 2.05) is 0 Å². The van der Waals surface area contributed by atoms with Crippen LogP contribution in [-0.4, -0.2) is 49.0 Å². The van der Waals surface area contributed by atoms with Crippen molar-refractivity contribution in [2.24, 2.45) is 0 Å². The number of amides is 1. The van der Waals surface area contributed by atoms with Crippen LogP contribution >= 0.6 is 0 Å². The number of hydrogen-bond donors (Lipinski definition) is 2. The Labute approximate surface area is 102 Å². The quantitative estimate of drug-likeness (QED) is 0.563. The number of benzene rings is 1. The van der Waals surface area contributed by atoms with Crippen LogP contribution in [0.3, 0.4) is 0 Å². The van der Waals surface area contributed by atoms with Crippen LogP contribution in [0.15, 0.2) is 23.1 Å². The van der Waals surface area contributed by atoms with E-state index >= 15 is 0 Å². The second-order valence-electron chi connectivity index (χ2n) is 2.58. The first-order valence-corrected chi connectivity index (χ1v) is 4.90. The molecule has 0 atom stereocenters. The van der Waals surface area contributed by atoms with Crippen molar-refractivity contribution in [3.8, 4) is 5.75 Å². The molecule has 7 heteroatoms. The molecule has 0 unspecified atom stereocenters. The summed E-state index contributed by atoms with van der Waals surface area (Å²) in [6.45, 7) is 0. The Morgan fingerprint density at radius 1 is 1.29 bits per heavy atom. The predicted molar refractivity (Wildman–Crippen MR) is 49.9 cm³/mol. The maximum atomic E-state index is 11.2. The molecule has 0 aliphatic carbocycles. The number of fused-ring (bicyclic) bond motifs is 1. The molecule has 0 saturated heterocycles. The molecule has 0 saturated carbocycles. The van der Waals surface area contributed by atoms with Crippen LogP contribution < -0.4 is 4.72 Å². The van der Waals surface area contributed by atoms with Crippen LogP contribution in [0.4, 0.5) is 0 Å². The van der Waals surface area contributed by atoms with Gasteiger partial charge >= 0.3 is 29.6 Å². The van der Waals surface area contributed by atoms with Crippen LogP contribution in [0.2, 0.25) is 0 Å². The van der Waals surface area contributed by atoms with Crippen LogP contribution in [0.5, 0.6) is 5.75 Å². The van der Waals surface area contributed by atoms with E-state index in [0.29, 0.717) is 0 Å². The van der Waals surface area contributed by atoms with Crippen molar-refractivity contribution in [1.29, 1.82) is 0 Å². The minimum absolute atomic E-state index is 0. The fraction of sp³-hybridized carbons (Fsp3) is 0. The molecule has 1 heterocycles. The Balaban J connectivity index is 0.000000980. The number of sulfonamides is 1. The van der Waals surface area contributed by atoms with E-state index < -0.39 is 15.9 Å². The Morgan fingerprint density at radius 3 is 2.50 bits per heavy atom. The predicted octanol–water partition coefficient (Wildman–Crippen LogP) is -0.824. The number of phenolic OH excluding ortho intramolecular Hbond substituents is 1. The summed E-state index contributed by atoms with van der Waals surface area (Å²) in [4.78, 5) is 10.9. The van der Waals surface area contributed by atoms with Crippen LogP contribution in [0, 0.1) is 0 Å². The van der Waals surface area contributed by atoms with Gasteiger partial charge in [0.2, 0.25) is 0 Å². The van der Waals surface area contributed by atoms with Crippen LogP contribution in [0.1, 0.15) is 10.4 Å². The number of hydrogen-bond acceptors (Lipinski definition) is 4. The van der Waals surface area contributed by atoms with Crippen molar-refractivity contribution >= 4 is 45.5 Å². The van der Waals surface area contributed by atoms with E-state index in [1.165, 1.54) is 18.2 Å². The third-order valence-electron chi connectivity index (χ3n) is 1.75. The van der Waals surface area contributed by atoms with Crippen molar-refractivity contribution in [3.63, 3.8) is 0 Å². The zero-order valence-corrected chi connectivity index (χ0v) is 7.13. The molecule has 1 amide bonds. The second kappa shape index (κ2) is 3.54. The number of carbonyl (C=O) groups excluding carboxylic acids is 1. The van der Waals surface area contributed by atoms with Gasteiger partial charge in [-0.3, -0.25) is 4.79 Å². The van der Waals surface area contributed by atoms with Gasteiger partial charge in [-0.15, -0.1) is 0 Å². The Bertz CT molecular complexity index is 496. The van der Waals surface area contributed by atoms with E-state index in [4.69, 9.17) is 0 Å². The normalized spacial score (nSPS) is 16.7. The summed E-state index contributed by atoms with van der Waals surface area (Å²) < 4.78 is 24.1. The molecule has 1 aromatic rings. The van der Waals surface area contributed by atoms with Crippen LogP contribution in [0.25, 0.3) is 0 Å². The molecule has 14 heavy (non-hydrogen) atoms. The number of nitrogens with one attached hydrogen (secondary N) is 1. The monoisotopic (exact) mass is 223 g/mol. The first-order valence-electron chi connectivity index (χ1n) is 3.41. The molecule has 70 valence electrons. The van der Waals surface area contributed by atoms with E-state index in [9.17, 15) is 18.3 Å². The Morgan fingerprint density at radius 2 is 1.93 bits per heavy atom. The maximum absolute atomic E-state index is 11.2. The average Bonchev–Trinajstić information content (AvgIpc) is 2.24. The molecule has 2 N–H and O–H groups in total. The summed E-state index contributed by atoms with van der Waals surface area (Å²) in [5, 5.41) is 9.21. The summed E-state index contributed by atoms with van der Waals surface area (Å²) in [7, 11) is -3.74. The molecule has 1 aliphatic heterocycles. The van der Waals surface area contributed by atoms with E-state index in [-0.39, 0.29) is 45.8 Å². The van der Waals surface area contributed by atoms with Crippen molar-refractivity contribution in [3.05, 3.63) is 23.8 Å². The SMILES string of the molecule is O=C1NS(=O)(=O)c2cccc(O)c21.[NaH]. The molecule has 0 aromatic heterocycles. The second-order valence-corrected chi connectivity index (χ2v) is 4.24. The standard InChI is InChI=1S/C7H5NO4S.Na.H/c9-4-2-1-3-5-6(4)7(10)8-13(5,11)12;;/h1-3,9H,(H,8,10);;. The van der Waals surface area contributed by atoms with Crippen LogP contribution in [-0.2, 0) is 10.0 Å². The van der Waals surface area contributed by atoms with Gasteiger partial charge in [0, 0.05) is 0 Å². The molecule has 2 rings (SSSR count). The number of phenols is 1. The molecule has 0 spiro atoms. The van der Waals surface area contributed by atoms with E-state index in [1.54, 1.807) is 4.72 Å². The summed E-state index contributed by atoms with van der Waals surface area (Å²) in [6.07, 6.45) is 0. The summed E-state index contributed by atoms with van der Waals surface area (Å²) in [6, 6.07) is 3.90. The number of rotatable bonds is 0. The zero-order valence-electron chi connectivity index (χ0n) is 6.31. The van der Waals surface area contributed by atoms with Crippen molar-refractivity contribution in [2.75, 3.05) is 0 Å². The molecule has 1 aromatic carbocycles. The van der Waals surface area contributed by atoms with Gasteiger partial charge in [0.05, 0.1) is 0 Å². The molecular formula is C7H6NNaO4S.